The number of nitro groups is 1. The zero-order valence-electron chi connectivity index (χ0n) is 17.8. The summed E-state index contributed by atoms with van der Waals surface area (Å²) in [6.45, 7) is 0. The van der Waals surface area contributed by atoms with Gasteiger partial charge in [0, 0.05) is 10.9 Å². The first-order valence-electron chi connectivity index (χ1n) is 10.4. The lowest BCUT2D eigenvalue weighted by molar-refractivity contribution is -0.402. The molecule has 2 heterocycles. The fraction of sp³-hybridized carbons (Fsp3) is 0. The normalized spacial score (nSPS) is 11.8. The summed E-state index contributed by atoms with van der Waals surface area (Å²) in [6, 6.07) is 30.8. The maximum absolute atomic E-state index is 10.9. The van der Waals surface area contributed by atoms with Crippen LogP contribution in [0.1, 0.15) is 5.76 Å². The van der Waals surface area contributed by atoms with Crippen molar-refractivity contribution in [3.05, 3.63) is 123 Å². The number of hydrogen-bond donors (Lipinski definition) is 0. The second-order valence-corrected chi connectivity index (χ2v) is 8.12. The number of para-hydroxylation sites is 1. The Morgan fingerprint density at radius 2 is 1.47 bits per heavy atom. The maximum atomic E-state index is 10.9. The maximum Gasteiger partial charge on any atom is 0.433 e. The van der Waals surface area contributed by atoms with E-state index in [1.807, 2.05) is 66.0 Å². The summed E-state index contributed by atoms with van der Waals surface area (Å²) in [5.74, 6) is -0.0517. The average Bonchev–Trinajstić information content (AvgIpc) is 3.51. The van der Waals surface area contributed by atoms with Crippen LogP contribution in [0, 0.1) is 10.1 Å². The SMILES string of the molecule is O=[N+]([O-])c1ccc(C=Nn2c(-c3ccc(-c4ccccc4)cc3)csc2=Nc2ccccc2)o1. The Hall–Kier alpha value is -4.56. The third-order valence-corrected chi connectivity index (χ3v) is 5.86. The average molecular weight is 467 g/mol. The fourth-order valence-electron chi connectivity index (χ4n) is 3.39. The Bertz CT molecular complexity index is 1520. The van der Waals surface area contributed by atoms with Crippen LogP contribution < -0.4 is 4.80 Å². The highest BCUT2D eigenvalue weighted by Gasteiger charge is 2.12. The van der Waals surface area contributed by atoms with Crippen molar-refractivity contribution < 1.29 is 9.34 Å². The molecule has 0 aliphatic rings. The molecule has 2 aromatic heterocycles. The number of rotatable bonds is 6. The quantitative estimate of drug-likeness (QED) is 0.163. The van der Waals surface area contributed by atoms with Crippen LogP contribution in [0.3, 0.4) is 0 Å². The Kier molecular flexibility index (Phi) is 5.96. The molecule has 3 aromatic carbocycles. The van der Waals surface area contributed by atoms with Crippen molar-refractivity contribution in [1.82, 2.24) is 4.68 Å². The van der Waals surface area contributed by atoms with Gasteiger partial charge in [-0.2, -0.15) is 5.10 Å². The second-order valence-electron chi connectivity index (χ2n) is 7.28. The molecule has 0 spiro atoms. The summed E-state index contributed by atoms with van der Waals surface area (Å²) in [5.41, 5.74) is 4.87. The van der Waals surface area contributed by atoms with Gasteiger partial charge < -0.3 is 4.42 Å². The lowest BCUT2D eigenvalue weighted by atomic mass is 10.0. The van der Waals surface area contributed by atoms with Crippen molar-refractivity contribution in [3.63, 3.8) is 0 Å². The summed E-state index contributed by atoms with van der Waals surface area (Å²) in [4.78, 5) is 15.7. The van der Waals surface area contributed by atoms with Gasteiger partial charge in [0.25, 0.3) is 0 Å². The molecule has 0 fully saturated rings. The van der Waals surface area contributed by atoms with Crippen LogP contribution in [0.15, 0.2) is 117 Å². The van der Waals surface area contributed by atoms with Crippen molar-refractivity contribution in [2.24, 2.45) is 10.1 Å². The molecule has 0 atom stereocenters. The van der Waals surface area contributed by atoms with Crippen LogP contribution >= 0.6 is 11.3 Å². The van der Waals surface area contributed by atoms with E-state index >= 15 is 0 Å². The van der Waals surface area contributed by atoms with Crippen LogP contribution in [0.4, 0.5) is 11.6 Å². The summed E-state index contributed by atoms with van der Waals surface area (Å²) < 4.78 is 6.93. The highest BCUT2D eigenvalue weighted by Crippen LogP contribution is 2.26. The molecule has 0 aliphatic carbocycles. The molecule has 0 unspecified atom stereocenters. The topological polar surface area (TPSA) is 85.9 Å². The fourth-order valence-corrected chi connectivity index (χ4v) is 4.24. The number of hydrogen-bond acceptors (Lipinski definition) is 6. The van der Waals surface area contributed by atoms with Crippen molar-refractivity contribution in [1.29, 1.82) is 0 Å². The van der Waals surface area contributed by atoms with Gasteiger partial charge in [0.1, 0.15) is 4.92 Å². The Labute approximate surface area is 198 Å². The summed E-state index contributed by atoms with van der Waals surface area (Å²) in [6.07, 6.45) is 1.45. The first-order valence-corrected chi connectivity index (χ1v) is 11.3. The van der Waals surface area contributed by atoms with E-state index in [1.54, 1.807) is 4.68 Å². The predicted octanol–water partition coefficient (Wildman–Crippen LogP) is 6.50. The van der Waals surface area contributed by atoms with Gasteiger partial charge in [-0.05, 0) is 29.3 Å². The van der Waals surface area contributed by atoms with Gasteiger partial charge in [0.15, 0.2) is 5.76 Å². The Balaban J connectivity index is 1.56. The lowest BCUT2D eigenvalue weighted by Crippen LogP contribution is -2.11. The van der Waals surface area contributed by atoms with Gasteiger partial charge in [0.05, 0.1) is 23.7 Å². The van der Waals surface area contributed by atoms with Gasteiger partial charge in [-0.15, -0.1) is 11.3 Å². The van der Waals surface area contributed by atoms with Gasteiger partial charge in [-0.25, -0.2) is 9.67 Å². The minimum atomic E-state index is -0.578. The van der Waals surface area contributed by atoms with Crippen LogP contribution in [-0.4, -0.2) is 15.8 Å². The summed E-state index contributed by atoms with van der Waals surface area (Å²) >= 11 is 1.46. The van der Waals surface area contributed by atoms with Crippen LogP contribution in [0.2, 0.25) is 0 Å². The second kappa shape index (κ2) is 9.51. The molecule has 0 aliphatic heterocycles. The van der Waals surface area contributed by atoms with E-state index in [1.165, 1.54) is 29.7 Å². The molecule has 166 valence electrons. The third kappa shape index (κ3) is 4.62. The van der Waals surface area contributed by atoms with Crippen molar-refractivity contribution in [2.45, 2.75) is 0 Å². The highest BCUT2D eigenvalue weighted by atomic mass is 32.1. The zero-order chi connectivity index (χ0) is 23.3. The molecule has 5 rings (SSSR count). The minimum absolute atomic E-state index is 0.279. The van der Waals surface area contributed by atoms with E-state index in [4.69, 9.17) is 9.41 Å². The van der Waals surface area contributed by atoms with Crippen LogP contribution in [0.5, 0.6) is 0 Å². The Morgan fingerprint density at radius 1 is 0.824 bits per heavy atom. The van der Waals surface area contributed by atoms with E-state index < -0.39 is 4.92 Å². The monoisotopic (exact) mass is 466 g/mol. The summed E-state index contributed by atoms with van der Waals surface area (Å²) in [5, 5.41) is 17.5. The van der Waals surface area contributed by atoms with Crippen LogP contribution in [-0.2, 0) is 0 Å². The predicted molar refractivity (Wildman–Crippen MR) is 133 cm³/mol. The molecule has 0 radical (unpaired) electrons. The number of nitrogens with zero attached hydrogens (tertiary/aromatic N) is 4. The molecular weight excluding hydrogens is 448 g/mol. The minimum Gasteiger partial charge on any atom is -0.400 e. The smallest absolute Gasteiger partial charge is 0.400 e. The van der Waals surface area contributed by atoms with Gasteiger partial charge in [0.2, 0.25) is 4.80 Å². The Morgan fingerprint density at radius 3 is 2.15 bits per heavy atom. The number of thiazole rings is 1. The molecule has 8 heteroatoms. The molecule has 34 heavy (non-hydrogen) atoms. The summed E-state index contributed by atoms with van der Waals surface area (Å²) in [7, 11) is 0. The van der Waals surface area contributed by atoms with Crippen molar-refractivity contribution in [3.8, 4) is 22.4 Å². The lowest BCUT2D eigenvalue weighted by Gasteiger charge is -2.06. The first kappa shape index (κ1) is 21.3. The molecule has 5 aromatic rings. The van der Waals surface area contributed by atoms with Crippen molar-refractivity contribution in [2.75, 3.05) is 0 Å². The van der Waals surface area contributed by atoms with E-state index in [-0.39, 0.29) is 11.6 Å². The van der Waals surface area contributed by atoms with E-state index in [0.29, 0.717) is 4.80 Å². The van der Waals surface area contributed by atoms with Gasteiger partial charge >= 0.3 is 5.88 Å². The standard InChI is InChI=1S/C26H18N4O3S/c31-30(32)25-16-15-23(33-25)17-27-29-24(18-34-26(29)28-22-9-5-2-6-10-22)21-13-11-20(12-14-21)19-7-3-1-4-8-19/h1-18H. The largest absolute Gasteiger partial charge is 0.433 e. The molecule has 0 bridgehead atoms. The number of furan rings is 1. The molecule has 7 nitrogen and oxygen atoms in total. The number of aromatic nitrogens is 1. The molecule has 0 saturated carbocycles. The highest BCUT2D eigenvalue weighted by molar-refractivity contribution is 7.07. The molecule has 0 saturated heterocycles. The number of benzene rings is 3. The van der Waals surface area contributed by atoms with E-state index in [0.717, 1.165) is 28.1 Å². The van der Waals surface area contributed by atoms with Gasteiger partial charge in [-0.3, -0.25) is 10.1 Å². The third-order valence-electron chi connectivity index (χ3n) is 5.05. The first-order chi connectivity index (χ1) is 16.7. The van der Waals surface area contributed by atoms with E-state index in [9.17, 15) is 10.1 Å². The van der Waals surface area contributed by atoms with Gasteiger partial charge in [-0.1, -0.05) is 72.8 Å². The van der Waals surface area contributed by atoms with E-state index in [2.05, 4.69) is 29.4 Å². The molecule has 0 N–H and O–H groups in total. The van der Waals surface area contributed by atoms with Crippen LogP contribution in [0.25, 0.3) is 22.4 Å². The molecular formula is C26H18N4O3S. The van der Waals surface area contributed by atoms with Crippen molar-refractivity contribution >= 4 is 29.1 Å². The zero-order valence-corrected chi connectivity index (χ0v) is 18.6. The molecule has 0 amide bonds.